The van der Waals surface area contributed by atoms with Gasteiger partial charge in [-0.05, 0) is 60.9 Å². The SMILES string of the molecule is C[C@@H]1Cc2ccc(CNS(=O)(=O)c3ccc(F)c(Cl)c3)cc2N1C(=O)c1ccccc1. The lowest BCUT2D eigenvalue weighted by molar-refractivity contribution is 0.0981. The molecule has 0 bridgehead atoms. The monoisotopic (exact) mass is 458 g/mol. The molecule has 3 aromatic carbocycles. The highest BCUT2D eigenvalue weighted by Crippen LogP contribution is 2.34. The molecule has 1 N–H and O–H groups in total. The Labute approximate surface area is 185 Å². The van der Waals surface area contributed by atoms with Crippen molar-refractivity contribution in [2.24, 2.45) is 0 Å². The van der Waals surface area contributed by atoms with Crippen LogP contribution >= 0.6 is 11.6 Å². The Balaban J connectivity index is 1.56. The van der Waals surface area contributed by atoms with Crippen molar-refractivity contribution in [1.29, 1.82) is 0 Å². The first-order valence-corrected chi connectivity index (χ1v) is 11.6. The lowest BCUT2D eigenvalue weighted by Gasteiger charge is -2.23. The maximum atomic E-state index is 13.3. The van der Waals surface area contributed by atoms with Gasteiger partial charge in [0, 0.05) is 23.8 Å². The lowest BCUT2D eigenvalue weighted by atomic mass is 10.1. The largest absolute Gasteiger partial charge is 0.305 e. The molecule has 1 amide bonds. The minimum absolute atomic E-state index is 0.00370. The van der Waals surface area contributed by atoms with E-state index in [0.717, 1.165) is 35.9 Å². The standard InChI is InChI=1S/C23H20ClFN2O3S/c1-15-11-18-8-7-16(12-22(18)27(15)23(28)17-5-3-2-4-6-17)14-26-31(29,30)19-9-10-21(25)20(24)13-19/h2-10,12-13,15,26H,11,14H2,1H3/t15-/m1/s1. The molecule has 0 aromatic heterocycles. The zero-order valence-corrected chi connectivity index (χ0v) is 18.3. The van der Waals surface area contributed by atoms with Crippen LogP contribution in [0.5, 0.6) is 0 Å². The van der Waals surface area contributed by atoms with Crippen molar-refractivity contribution in [3.8, 4) is 0 Å². The molecule has 8 heteroatoms. The molecule has 0 saturated heterocycles. The Bertz CT molecular complexity index is 1250. The summed E-state index contributed by atoms with van der Waals surface area (Å²) < 4.78 is 41.0. The first kappa shape index (κ1) is 21.5. The van der Waals surface area contributed by atoms with E-state index >= 15 is 0 Å². The normalized spacial score (nSPS) is 15.7. The van der Waals surface area contributed by atoms with Crippen LogP contribution in [0.3, 0.4) is 0 Å². The van der Waals surface area contributed by atoms with E-state index in [9.17, 15) is 17.6 Å². The molecule has 31 heavy (non-hydrogen) atoms. The van der Waals surface area contributed by atoms with E-state index in [1.165, 1.54) is 0 Å². The summed E-state index contributed by atoms with van der Waals surface area (Å²) >= 11 is 5.71. The number of nitrogens with zero attached hydrogens (tertiary/aromatic N) is 1. The van der Waals surface area contributed by atoms with Gasteiger partial charge in [0.05, 0.1) is 9.92 Å². The lowest BCUT2D eigenvalue weighted by Crippen LogP contribution is -2.35. The number of hydrogen-bond acceptors (Lipinski definition) is 3. The Morgan fingerprint density at radius 1 is 1.13 bits per heavy atom. The summed E-state index contributed by atoms with van der Waals surface area (Å²) in [5.41, 5.74) is 3.12. The third kappa shape index (κ3) is 4.35. The molecule has 3 aromatic rings. The van der Waals surface area contributed by atoms with Crippen LogP contribution in [0.15, 0.2) is 71.6 Å². The van der Waals surface area contributed by atoms with Crippen molar-refractivity contribution >= 4 is 33.2 Å². The molecule has 0 radical (unpaired) electrons. The minimum Gasteiger partial charge on any atom is -0.305 e. The number of carbonyl (C=O) groups is 1. The van der Waals surface area contributed by atoms with Gasteiger partial charge in [0.1, 0.15) is 5.82 Å². The van der Waals surface area contributed by atoms with Gasteiger partial charge in [-0.3, -0.25) is 4.79 Å². The number of hydrogen-bond donors (Lipinski definition) is 1. The van der Waals surface area contributed by atoms with E-state index in [0.29, 0.717) is 11.1 Å². The fraction of sp³-hybridized carbons (Fsp3) is 0.174. The summed E-state index contributed by atoms with van der Waals surface area (Å²) in [6, 6.07) is 17.9. The van der Waals surface area contributed by atoms with E-state index in [1.54, 1.807) is 17.0 Å². The van der Waals surface area contributed by atoms with Crippen molar-refractivity contribution in [1.82, 2.24) is 4.72 Å². The predicted octanol–water partition coefficient (Wildman–Crippen LogP) is 4.55. The fourth-order valence-corrected chi connectivity index (χ4v) is 4.99. The molecule has 0 saturated carbocycles. The second-order valence-electron chi connectivity index (χ2n) is 7.46. The van der Waals surface area contributed by atoms with Crippen molar-refractivity contribution < 1.29 is 17.6 Å². The van der Waals surface area contributed by atoms with Gasteiger partial charge >= 0.3 is 0 Å². The summed E-state index contributed by atoms with van der Waals surface area (Å²) in [5, 5.41) is -0.260. The third-order valence-corrected chi connectivity index (χ3v) is 6.96. The van der Waals surface area contributed by atoms with Crippen LogP contribution in [0.25, 0.3) is 0 Å². The zero-order chi connectivity index (χ0) is 22.2. The van der Waals surface area contributed by atoms with Crippen LogP contribution in [0.4, 0.5) is 10.1 Å². The van der Waals surface area contributed by atoms with Gasteiger partial charge in [-0.1, -0.05) is 41.9 Å². The quantitative estimate of drug-likeness (QED) is 0.610. The number of fused-ring (bicyclic) bond motifs is 1. The third-order valence-electron chi connectivity index (χ3n) is 5.27. The zero-order valence-electron chi connectivity index (χ0n) is 16.7. The molecule has 1 atom stereocenters. The summed E-state index contributed by atoms with van der Waals surface area (Å²) in [4.78, 5) is 14.7. The summed E-state index contributed by atoms with van der Waals surface area (Å²) in [6.45, 7) is 2.01. The van der Waals surface area contributed by atoms with Crippen LogP contribution < -0.4 is 9.62 Å². The average molecular weight is 459 g/mol. The molecule has 0 unspecified atom stereocenters. The Morgan fingerprint density at radius 2 is 1.87 bits per heavy atom. The van der Waals surface area contributed by atoms with Gasteiger partial charge in [-0.25, -0.2) is 17.5 Å². The number of rotatable bonds is 5. The van der Waals surface area contributed by atoms with Crippen molar-refractivity contribution in [3.05, 3.63) is 94.3 Å². The molecule has 0 aliphatic carbocycles. The number of anilines is 1. The van der Waals surface area contributed by atoms with Gasteiger partial charge in [0.15, 0.2) is 0 Å². The molecule has 0 fully saturated rings. The number of halogens is 2. The highest BCUT2D eigenvalue weighted by Gasteiger charge is 2.31. The van der Waals surface area contributed by atoms with E-state index in [2.05, 4.69) is 4.72 Å². The highest BCUT2D eigenvalue weighted by molar-refractivity contribution is 7.89. The Hall–Kier alpha value is -2.74. The van der Waals surface area contributed by atoms with Crippen LogP contribution in [0.1, 0.15) is 28.4 Å². The van der Waals surface area contributed by atoms with E-state index in [4.69, 9.17) is 11.6 Å². The smallest absolute Gasteiger partial charge is 0.258 e. The second kappa shape index (κ2) is 8.42. The number of sulfonamides is 1. The van der Waals surface area contributed by atoms with Gasteiger partial charge in [0.2, 0.25) is 10.0 Å². The maximum absolute atomic E-state index is 13.3. The molecule has 5 nitrogen and oxygen atoms in total. The predicted molar refractivity (Wildman–Crippen MR) is 118 cm³/mol. The van der Waals surface area contributed by atoms with Crippen molar-refractivity contribution in [3.63, 3.8) is 0 Å². The van der Waals surface area contributed by atoms with Gasteiger partial charge in [-0.2, -0.15) is 0 Å². The first-order valence-electron chi connectivity index (χ1n) is 9.71. The topological polar surface area (TPSA) is 66.5 Å². The summed E-state index contributed by atoms with van der Waals surface area (Å²) in [7, 11) is -3.88. The minimum atomic E-state index is -3.88. The summed E-state index contributed by atoms with van der Waals surface area (Å²) in [5.74, 6) is -0.776. The molecule has 4 rings (SSSR count). The van der Waals surface area contributed by atoms with Crippen LogP contribution in [0.2, 0.25) is 5.02 Å². The highest BCUT2D eigenvalue weighted by atomic mass is 35.5. The van der Waals surface area contributed by atoms with Crippen molar-refractivity contribution in [2.75, 3.05) is 4.90 Å². The van der Waals surface area contributed by atoms with Crippen LogP contribution in [-0.2, 0) is 23.0 Å². The second-order valence-corrected chi connectivity index (χ2v) is 9.63. The van der Waals surface area contributed by atoms with E-state index in [-0.39, 0.29) is 28.4 Å². The molecule has 1 heterocycles. The average Bonchev–Trinajstić information content (AvgIpc) is 3.09. The first-order chi connectivity index (χ1) is 14.8. The number of carbonyl (C=O) groups excluding carboxylic acids is 1. The van der Waals surface area contributed by atoms with Gasteiger partial charge in [0.25, 0.3) is 5.91 Å². The molecule has 160 valence electrons. The van der Waals surface area contributed by atoms with Crippen molar-refractivity contribution in [2.45, 2.75) is 30.8 Å². The molecule has 0 spiro atoms. The number of nitrogens with one attached hydrogen (secondary N) is 1. The van der Waals surface area contributed by atoms with E-state index < -0.39 is 15.8 Å². The van der Waals surface area contributed by atoms with Crippen LogP contribution in [-0.4, -0.2) is 20.4 Å². The summed E-state index contributed by atoms with van der Waals surface area (Å²) in [6.07, 6.45) is 0.730. The number of benzene rings is 3. The fourth-order valence-electron chi connectivity index (χ4n) is 3.70. The van der Waals surface area contributed by atoms with Gasteiger partial charge < -0.3 is 4.90 Å². The van der Waals surface area contributed by atoms with E-state index in [1.807, 2.05) is 43.3 Å². The van der Waals surface area contributed by atoms with Gasteiger partial charge in [-0.15, -0.1) is 0 Å². The number of amides is 1. The Morgan fingerprint density at radius 3 is 2.58 bits per heavy atom. The molecular weight excluding hydrogens is 439 g/mol. The Kier molecular flexibility index (Phi) is 5.83. The maximum Gasteiger partial charge on any atom is 0.258 e. The van der Waals surface area contributed by atoms with Crippen LogP contribution in [0, 0.1) is 5.82 Å². The molecule has 1 aliphatic rings. The molecule has 1 aliphatic heterocycles. The molecular formula is C23H20ClFN2O3S.